The van der Waals surface area contributed by atoms with Gasteiger partial charge in [-0.3, -0.25) is 9.78 Å². The van der Waals surface area contributed by atoms with Crippen LogP contribution < -0.4 is 0 Å². The fourth-order valence-corrected chi connectivity index (χ4v) is 3.16. The fourth-order valence-electron chi connectivity index (χ4n) is 3.16. The number of pyridine rings is 1. The van der Waals surface area contributed by atoms with Crippen LogP contribution in [0, 0.1) is 0 Å². The maximum atomic E-state index is 12.9. The first-order valence-corrected chi connectivity index (χ1v) is 7.66. The van der Waals surface area contributed by atoms with Gasteiger partial charge in [0.25, 0.3) is 5.91 Å². The Bertz CT molecular complexity index is 900. The molecular formula is C19H16N2O2. The third-order valence-electron chi connectivity index (χ3n) is 4.35. The summed E-state index contributed by atoms with van der Waals surface area (Å²) in [5.74, 6) is 0.230. The third kappa shape index (κ3) is 2.42. The molecule has 0 unspecified atom stereocenters. The SMILES string of the molecule is O=C(c1cccc2cccnc12)N1CCc2ccc(O)cc2C1. The van der Waals surface area contributed by atoms with Crippen LogP contribution in [0.3, 0.4) is 0 Å². The van der Waals surface area contributed by atoms with Gasteiger partial charge in [0.2, 0.25) is 0 Å². The van der Waals surface area contributed by atoms with E-state index in [0.29, 0.717) is 18.7 Å². The van der Waals surface area contributed by atoms with E-state index in [1.807, 2.05) is 41.3 Å². The van der Waals surface area contributed by atoms with Gasteiger partial charge in [-0.1, -0.05) is 24.3 Å². The molecule has 2 aromatic carbocycles. The number of para-hydroxylation sites is 1. The lowest BCUT2D eigenvalue weighted by Gasteiger charge is -2.29. The second-order valence-corrected chi connectivity index (χ2v) is 5.81. The van der Waals surface area contributed by atoms with Gasteiger partial charge in [-0.05, 0) is 41.8 Å². The van der Waals surface area contributed by atoms with Crippen molar-refractivity contribution in [3.8, 4) is 5.75 Å². The summed E-state index contributed by atoms with van der Waals surface area (Å²) in [6.45, 7) is 1.20. The largest absolute Gasteiger partial charge is 0.508 e. The van der Waals surface area contributed by atoms with Crippen molar-refractivity contribution in [2.45, 2.75) is 13.0 Å². The summed E-state index contributed by atoms with van der Waals surface area (Å²) in [7, 11) is 0. The van der Waals surface area contributed by atoms with Crippen LogP contribution in [0.25, 0.3) is 10.9 Å². The Kier molecular flexibility index (Phi) is 3.23. The number of rotatable bonds is 1. The molecule has 1 aliphatic rings. The Balaban J connectivity index is 1.70. The Hall–Kier alpha value is -2.88. The number of hydrogen-bond acceptors (Lipinski definition) is 3. The lowest BCUT2D eigenvalue weighted by Crippen LogP contribution is -2.36. The molecule has 0 bridgehead atoms. The molecule has 0 atom stereocenters. The molecule has 2 heterocycles. The van der Waals surface area contributed by atoms with E-state index in [1.54, 1.807) is 18.3 Å². The Morgan fingerprint density at radius 3 is 2.87 bits per heavy atom. The molecule has 0 aliphatic carbocycles. The number of phenols is 1. The smallest absolute Gasteiger partial charge is 0.256 e. The van der Waals surface area contributed by atoms with Crippen molar-refractivity contribution in [2.75, 3.05) is 6.54 Å². The monoisotopic (exact) mass is 304 g/mol. The molecule has 0 spiro atoms. The third-order valence-corrected chi connectivity index (χ3v) is 4.35. The molecular weight excluding hydrogens is 288 g/mol. The van der Waals surface area contributed by atoms with E-state index in [2.05, 4.69) is 4.98 Å². The fraction of sp³-hybridized carbons (Fsp3) is 0.158. The van der Waals surface area contributed by atoms with Crippen LogP contribution in [0.15, 0.2) is 54.7 Å². The molecule has 1 amide bonds. The number of benzene rings is 2. The minimum atomic E-state index is -0.0108. The Morgan fingerprint density at radius 2 is 1.96 bits per heavy atom. The van der Waals surface area contributed by atoms with Crippen LogP contribution >= 0.6 is 0 Å². The maximum absolute atomic E-state index is 12.9. The van der Waals surface area contributed by atoms with Crippen molar-refractivity contribution in [3.63, 3.8) is 0 Å². The zero-order chi connectivity index (χ0) is 15.8. The van der Waals surface area contributed by atoms with Crippen LogP contribution in [0.1, 0.15) is 21.5 Å². The van der Waals surface area contributed by atoms with Gasteiger partial charge in [0.05, 0.1) is 11.1 Å². The average molecular weight is 304 g/mol. The van der Waals surface area contributed by atoms with Crippen molar-refractivity contribution in [3.05, 3.63) is 71.4 Å². The van der Waals surface area contributed by atoms with Gasteiger partial charge in [0.15, 0.2) is 0 Å². The predicted octanol–water partition coefficient (Wildman–Crippen LogP) is 3.14. The van der Waals surface area contributed by atoms with E-state index in [1.165, 1.54) is 5.56 Å². The minimum absolute atomic E-state index is 0.0108. The first-order chi connectivity index (χ1) is 11.2. The molecule has 1 aliphatic heterocycles. The van der Waals surface area contributed by atoms with Gasteiger partial charge in [0.1, 0.15) is 5.75 Å². The van der Waals surface area contributed by atoms with E-state index in [0.717, 1.165) is 22.9 Å². The molecule has 4 heteroatoms. The molecule has 1 aromatic heterocycles. The lowest BCUT2D eigenvalue weighted by molar-refractivity contribution is 0.0736. The van der Waals surface area contributed by atoms with Crippen LogP contribution in [0.4, 0.5) is 0 Å². The van der Waals surface area contributed by atoms with Crippen LogP contribution in [-0.2, 0) is 13.0 Å². The number of carbonyl (C=O) groups is 1. The van der Waals surface area contributed by atoms with E-state index in [9.17, 15) is 9.90 Å². The van der Waals surface area contributed by atoms with Crippen molar-refractivity contribution < 1.29 is 9.90 Å². The molecule has 4 rings (SSSR count). The maximum Gasteiger partial charge on any atom is 0.256 e. The number of aromatic nitrogens is 1. The topological polar surface area (TPSA) is 53.4 Å². The molecule has 0 saturated carbocycles. The highest BCUT2D eigenvalue weighted by Crippen LogP contribution is 2.25. The quantitative estimate of drug-likeness (QED) is 0.751. The summed E-state index contributed by atoms with van der Waals surface area (Å²) in [6, 6.07) is 14.9. The molecule has 4 nitrogen and oxygen atoms in total. The first kappa shape index (κ1) is 13.8. The lowest BCUT2D eigenvalue weighted by atomic mass is 9.98. The molecule has 0 fully saturated rings. The highest BCUT2D eigenvalue weighted by atomic mass is 16.3. The number of carbonyl (C=O) groups excluding carboxylic acids is 1. The number of phenolic OH excluding ortho intramolecular Hbond substituents is 1. The normalized spacial score (nSPS) is 13.8. The van der Waals surface area contributed by atoms with Crippen LogP contribution in [-0.4, -0.2) is 27.4 Å². The molecule has 3 aromatic rings. The van der Waals surface area contributed by atoms with E-state index < -0.39 is 0 Å². The zero-order valence-corrected chi connectivity index (χ0v) is 12.6. The summed E-state index contributed by atoms with van der Waals surface area (Å²) < 4.78 is 0. The van der Waals surface area contributed by atoms with Crippen LogP contribution in [0.2, 0.25) is 0 Å². The van der Waals surface area contributed by atoms with Crippen molar-refractivity contribution in [1.82, 2.24) is 9.88 Å². The Labute approximate surface area is 134 Å². The molecule has 0 radical (unpaired) electrons. The van der Waals surface area contributed by atoms with Gasteiger partial charge in [-0.15, -0.1) is 0 Å². The summed E-state index contributed by atoms with van der Waals surface area (Å²) >= 11 is 0. The molecule has 1 N–H and O–H groups in total. The number of amides is 1. The number of aromatic hydroxyl groups is 1. The number of hydrogen-bond donors (Lipinski definition) is 1. The predicted molar refractivity (Wildman–Crippen MR) is 88.3 cm³/mol. The van der Waals surface area contributed by atoms with Crippen molar-refractivity contribution >= 4 is 16.8 Å². The summed E-state index contributed by atoms with van der Waals surface area (Å²) in [5.41, 5.74) is 3.58. The summed E-state index contributed by atoms with van der Waals surface area (Å²) in [4.78, 5) is 19.1. The van der Waals surface area contributed by atoms with Gasteiger partial charge >= 0.3 is 0 Å². The second-order valence-electron chi connectivity index (χ2n) is 5.81. The molecule has 114 valence electrons. The number of fused-ring (bicyclic) bond motifs is 2. The van der Waals surface area contributed by atoms with Crippen LogP contribution in [0.5, 0.6) is 5.75 Å². The van der Waals surface area contributed by atoms with Gasteiger partial charge < -0.3 is 10.0 Å². The first-order valence-electron chi connectivity index (χ1n) is 7.66. The number of nitrogens with zero attached hydrogens (tertiary/aromatic N) is 2. The summed E-state index contributed by atoms with van der Waals surface area (Å²) in [6.07, 6.45) is 2.52. The molecule has 23 heavy (non-hydrogen) atoms. The van der Waals surface area contributed by atoms with E-state index in [-0.39, 0.29) is 11.7 Å². The zero-order valence-electron chi connectivity index (χ0n) is 12.6. The highest BCUT2D eigenvalue weighted by molar-refractivity contribution is 6.05. The van der Waals surface area contributed by atoms with Gasteiger partial charge in [-0.2, -0.15) is 0 Å². The summed E-state index contributed by atoms with van der Waals surface area (Å²) in [5, 5.41) is 10.6. The van der Waals surface area contributed by atoms with E-state index in [4.69, 9.17) is 0 Å². The van der Waals surface area contributed by atoms with E-state index >= 15 is 0 Å². The highest BCUT2D eigenvalue weighted by Gasteiger charge is 2.23. The Morgan fingerprint density at radius 1 is 1.09 bits per heavy atom. The standard InChI is InChI=1S/C19H16N2O2/c22-16-7-6-13-8-10-21(12-15(13)11-16)19(23)17-5-1-3-14-4-2-9-20-18(14)17/h1-7,9,11,22H,8,10,12H2. The van der Waals surface area contributed by atoms with Gasteiger partial charge in [-0.25, -0.2) is 0 Å². The molecule has 0 saturated heterocycles. The average Bonchev–Trinajstić information content (AvgIpc) is 2.60. The van der Waals surface area contributed by atoms with Crippen molar-refractivity contribution in [1.29, 1.82) is 0 Å². The van der Waals surface area contributed by atoms with Gasteiger partial charge in [0, 0.05) is 24.7 Å². The second kappa shape index (κ2) is 5.39. The van der Waals surface area contributed by atoms with Crippen molar-refractivity contribution in [2.24, 2.45) is 0 Å². The minimum Gasteiger partial charge on any atom is -0.508 e.